The Morgan fingerprint density at radius 2 is 1.70 bits per heavy atom. The van der Waals surface area contributed by atoms with Crippen LogP contribution in [0.5, 0.6) is 0 Å². The van der Waals surface area contributed by atoms with Gasteiger partial charge in [-0.3, -0.25) is 10.1 Å². The zero-order chi connectivity index (χ0) is 23.4. The molecule has 0 atom stereocenters. The van der Waals surface area contributed by atoms with E-state index in [-0.39, 0.29) is 10.6 Å². The van der Waals surface area contributed by atoms with Gasteiger partial charge in [-0.1, -0.05) is 41.9 Å². The molecule has 170 valence electrons. The summed E-state index contributed by atoms with van der Waals surface area (Å²) >= 11 is 5.81. The van der Waals surface area contributed by atoms with Crippen molar-refractivity contribution in [2.24, 2.45) is 0 Å². The van der Waals surface area contributed by atoms with E-state index in [1.54, 1.807) is 18.3 Å². The van der Waals surface area contributed by atoms with Crippen molar-refractivity contribution in [1.29, 1.82) is 0 Å². The average molecular weight is 471 g/mol. The number of urea groups is 1. The third-order valence-corrected chi connectivity index (χ3v) is 5.89. The fraction of sp³-hybridized carbons (Fsp3) is 0.208. The van der Waals surface area contributed by atoms with E-state index in [0.717, 1.165) is 25.9 Å². The lowest BCUT2D eigenvalue weighted by atomic mass is 9.89. The molecule has 3 amide bonds. The normalized spacial score (nSPS) is 14.1. The topological polar surface area (TPSA) is 74.3 Å². The predicted octanol–water partition coefficient (Wildman–Crippen LogP) is 5.36. The zero-order valence-corrected chi connectivity index (χ0v) is 18.3. The average Bonchev–Trinajstić information content (AvgIpc) is 2.82. The Kier molecular flexibility index (Phi) is 6.84. The van der Waals surface area contributed by atoms with Gasteiger partial charge < -0.3 is 10.2 Å². The van der Waals surface area contributed by atoms with Gasteiger partial charge in [0.05, 0.1) is 16.3 Å². The smallest absolute Gasteiger partial charge is 0.326 e. The number of anilines is 2. The minimum absolute atomic E-state index is 0.303. The number of imide groups is 1. The molecule has 2 N–H and O–H groups in total. The molecular formula is C24H21ClF2N4O2. The first kappa shape index (κ1) is 22.7. The largest absolute Gasteiger partial charge is 0.355 e. The minimum Gasteiger partial charge on any atom is -0.355 e. The molecule has 0 unspecified atom stereocenters. The van der Waals surface area contributed by atoms with Gasteiger partial charge in [0.2, 0.25) is 0 Å². The SMILES string of the molecule is O=C(NC(=O)c1cc(F)c(F)cc1Cl)Nc1cccnc1N1CCC(c2ccccc2)CC1. The molecule has 0 bridgehead atoms. The van der Waals surface area contributed by atoms with Crippen molar-refractivity contribution in [2.45, 2.75) is 18.8 Å². The Bertz CT molecular complexity index is 1170. The van der Waals surface area contributed by atoms with E-state index in [2.05, 4.69) is 32.7 Å². The Labute approximate surface area is 194 Å². The molecule has 4 rings (SSSR count). The summed E-state index contributed by atoms with van der Waals surface area (Å²) in [7, 11) is 0. The van der Waals surface area contributed by atoms with Crippen molar-refractivity contribution in [2.75, 3.05) is 23.3 Å². The Hall–Kier alpha value is -3.52. The van der Waals surface area contributed by atoms with Crippen LogP contribution in [0.3, 0.4) is 0 Å². The molecule has 3 aromatic rings. The number of pyridine rings is 1. The molecule has 2 heterocycles. The number of hydrogen-bond donors (Lipinski definition) is 2. The van der Waals surface area contributed by atoms with E-state index in [9.17, 15) is 18.4 Å². The molecule has 9 heteroatoms. The van der Waals surface area contributed by atoms with Crippen LogP contribution in [0.1, 0.15) is 34.7 Å². The lowest BCUT2D eigenvalue weighted by molar-refractivity contribution is 0.0966. The highest BCUT2D eigenvalue weighted by Crippen LogP contribution is 2.32. The molecule has 6 nitrogen and oxygen atoms in total. The van der Waals surface area contributed by atoms with Crippen molar-refractivity contribution >= 4 is 35.0 Å². The predicted molar refractivity (Wildman–Crippen MR) is 123 cm³/mol. The number of carbonyl (C=O) groups excluding carboxylic acids is 2. The lowest BCUT2D eigenvalue weighted by Crippen LogP contribution is -2.37. The molecule has 2 aromatic carbocycles. The fourth-order valence-electron chi connectivity index (χ4n) is 3.92. The fourth-order valence-corrected chi connectivity index (χ4v) is 4.15. The number of carbonyl (C=O) groups is 2. The number of piperidine rings is 1. The molecule has 1 aliphatic rings. The Balaban J connectivity index is 1.41. The highest BCUT2D eigenvalue weighted by atomic mass is 35.5. The first-order chi connectivity index (χ1) is 15.9. The maximum Gasteiger partial charge on any atom is 0.326 e. The van der Waals surface area contributed by atoms with Crippen LogP contribution >= 0.6 is 11.6 Å². The number of aromatic nitrogens is 1. The van der Waals surface area contributed by atoms with E-state index in [1.165, 1.54) is 5.56 Å². The van der Waals surface area contributed by atoms with Crippen molar-refractivity contribution < 1.29 is 18.4 Å². The number of amides is 3. The second kappa shape index (κ2) is 9.95. The quantitative estimate of drug-likeness (QED) is 0.503. The lowest BCUT2D eigenvalue weighted by Gasteiger charge is -2.34. The molecule has 1 saturated heterocycles. The molecule has 0 aliphatic carbocycles. The van der Waals surface area contributed by atoms with Gasteiger partial charge in [0.25, 0.3) is 5.91 Å². The van der Waals surface area contributed by atoms with E-state index in [0.29, 0.717) is 29.6 Å². The second-order valence-electron chi connectivity index (χ2n) is 7.70. The summed E-state index contributed by atoms with van der Waals surface area (Å²) in [5.41, 5.74) is 1.39. The summed E-state index contributed by atoms with van der Waals surface area (Å²) in [4.78, 5) is 31.2. The van der Waals surface area contributed by atoms with Crippen LogP contribution in [-0.2, 0) is 0 Å². The van der Waals surface area contributed by atoms with Crippen molar-refractivity contribution in [3.8, 4) is 0 Å². The number of nitrogens with one attached hydrogen (secondary N) is 2. The van der Waals surface area contributed by atoms with Crippen LogP contribution in [0.25, 0.3) is 0 Å². The highest BCUT2D eigenvalue weighted by Gasteiger charge is 2.24. The molecule has 0 spiro atoms. The van der Waals surface area contributed by atoms with Gasteiger partial charge in [-0.2, -0.15) is 0 Å². The number of nitrogens with zero attached hydrogens (tertiary/aromatic N) is 2. The maximum absolute atomic E-state index is 13.5. The van der Waals surface area contributed by atoms with Crippen LogP contribution in [0.15, 0.2) is 60.8 Å². The van der Waals surface area contributed by atoms with Gasteiger partial charge in [-0.25, -0.2) is 18.6 Å². The van der Waals surface area contributed by atoms with E-state index in [4.69, 9.17) is 11.6 Å². The first-order valence-electron chi connectivity index (χ1n) is 10.4. The summed E-state index contributed by atoms with van der Waals surface area (Å²) < 4.78 is 26.7. The standard InChI is InChI=1S/C24H21ClF2N4O2/c25-18-14-20(27)19(26)13-17(18)23(32)30-24(33)29-21-7-4-10-28-22(21)31-11-8-16(9-12-31)15-5-2-1-3-6-15/h1-7,10,13-14,16H,8-9,11-12H2,(H2,29,30,32,33). The van der Waals surface area contributed by atoms with E-state index in [1.807, 2.05) is 18.2 Å². The van der Waals surface area contributed by atoms with E-state index < -0.39 is 23.6 Å². The van der Waals surface area contributed by atoms with Crippen molar-refractivity contribution in [3.05, 3.63) is 88.6 Å². The summed E-state index contributed by atoms with van der Waals surface area (Å²) in [5.74, 6) is -2.32. The van der Waals surface area contributed by atoms with Gasteiger partial charge in [0, 0.05) is 19.3 Å². The number of benzene rings is 2. The molecule has 33 heavy (non-hydrogen) atoms. The Morgan fingerprint density at radius 1 is 1.00 bits per heavy atom. The highest BCUT2D eigenvalue weighted by molar-refractivity contribution is 6.34. The molecule has 0 radical (unpaired) electrons. The molecule has 1 aromatic heterocycles. The molecule has 1 aliphatic heterocycles. The van der Waals surface area contributed by atoms with Crippen LogP contribution in [-0.4, -0.2) is 30.0 Å². The number of hydrogen-bond acceptors (Lipinski definition) is 4. The summed E-state index contributed by atoms with van der Waals surface area (Å²) in [6.07, 6.45) is 3.52. The van der Waals surface area contributed by atoms with Crippen LogP contribution in [0.4, 0.5) is 25.1 Å². The second-order valence-corrected chi connectivity index (χ2v) is 8.11. The Morgan fingerprint density at radius 3 is 2.42 bits per heavy atom. The van der Waals surface area contributed by atoms with Crippen molar-refractivity contribution in [3.63, 3.8) is 0 Å². The van der Waals surface area contributed by atoms with Gasteiger partial charge >= 0.3 is 6.03 Å². The van der Waals surface area contributed by atoms with Crippen LogP contribution in [0.2, 0.25) is 5.02 Å². The minimum atomic E-state index is -1.24. The maximum atomic E-state index is 13.5. The number of halogens is 3. The summed E-state index contributed by atoms with van der Waals surface area (Å²) in [5, 5.41) is 4.39. The van der Waals surface area contributed by atoms with Gasteiger partial charge in [0.15, 0.2) is 17.5 Å². The zero-order valence-electron chi connectivity index (χ0n) is 17.5. The van der Waals surface area contributed by atoms with E-state index >= 15 is 0 Å². The molecule has 0 saturated carbocycles. The summed E-state index contributed by atoms with van der Waals surface area (Å²) in [6.45, 7) is 1.52. The van der Waals surface area contributed by atoms with Gasteiger partial charge in [-0.15, -0.1) is 0 Å². The monoisotopic (exact) mass is 470 g/mol. The van der Waals surface area contributed by atoms with Gasteiger partial charge in [-0.05, 0) is 48.6 Å². The number of rotatable bonds is 4. The van der Waals surface area contributed by atoms with Crippen LogP contribution in [0, 0.1) is 11.6 Å². The van der Waals surface area contributed by atoms with Crippen molar-refractivity contribution in [1.82, 2.24) is 10.3 Å². The third-order valence-electron chi connectivity index (χ3n) is 5.58. The summed E-state index contributed by atoms with van der Waals surface area (Å²) in [6, 6.07) is 14.2. The molecular weight excluding hydrogens is 450 g/mol. The third kappa shape index (κ3) is 5.28. The van der Waals surface area contributed by atoms with Gasteiger partial charge in [0.1, 0.15) is 0 Å². The first-order valence-corrected chi connectivity index (χ1v) is 10.8. The molecule has 1 fully saturated rings. The van der Waals surface area contributed by atoms with Crippen LogP contribution < -0.4 is 15.5 Å².